The Morgan fingerprint density at radius 2 is 2.00 bits per heavy atom. The molecular formula is C17H20N4O2. The van der Waals surface area contributed by atoms with Crippen LogP contribution < -0.4 is 16.6 Å². The minimum Gasteiger partial charge on any atom is -0.445 e. The van der Waals surface area contributed by atoms with Gasteiger partial charge in [-0.2, -0.15) is 0 Å². The number of nitrogens with one attached hydrogen (secondary N) is 2. The average molecular weight is 312 g/mol. The van der Waals surface area contributed by atoms with Gasteiger partial charge in [-0.15, -0.1) is 0 Å². The number of ether oxygens (including phenoxy) is 1. The molecule has 2 aromatic rings. The van der Waals surface area contributed by atoms with Crippen LogP contribution in [0.1, 0.15) is 17.7 Å². The number of pyridine rings is 1. The average Bonchev–Trinajstić information content (AvgIpc) is 2.61. The molecule has 1 heterocycles. The lowest BCUT2D eigenvalue weighted by Gasteiger charge is -2.05. The maximum absolute atomic E-state index is 11.5. The van der Waals surface area contributed by atoms with Gasteiger partial charge in [0.1, 0.15) is 12.4 Å². The number of hydrazine groups is 1. The van der Waals surface area contributed by atoms with Gasteiger partial charge < -0.3 is 15.5 Å². The molecule has 0 aliphatic carbocycles. The molecule has 23 heavy (non-hydrogen) atoms. The Bertz CT molecular complexity index is 644. The van der Waals surface area contributed by atoms with Crippen LogP contribution in [0.15, 0.2) is 54.6 Å². The summed E-state index contributed by atoms with van der Waals surface area (Å²) >= 11 is 0. The van der Waals surface area contributed by atoms with Crippen molar-refractivity contribution in [2.45, 2.75) is 13.0 Å². The van der Waals surface area contributed by atoms with Crippen LogP contribution in [0.5, 0.6) is 0 Å². The molecule has 0 bridgehead atoms. The fourth-order valence-corrected chi connectivity index (χ4v) is 1.86. The smallest absolute Gasteiger partial charge is 0.407 e. The molecule has 0 aliphatic rings. The van der Waals surface area contributed by atoms with Crippen molar-refractivity contribution in [3.8, 4) is 0 Å². The van der Waals surface area contributed by atoms with Gasteiger partial charge >= 0.3 is 6.09 Å². The molecule has 120 valence electrons. The van der Waals surface area contributed by atoms with Crippen molar-refractivity contribution < 1.29 is 9.53 Å². The van der Waals surface area contributed by atoms with E-state index in [1.165, 1.54) is 0 Å². The van der Waals surface area contributed by atoms with Crippen molar-refractivity contribution in [1.82, 2.24) is 10.3 Å². The summed E-state index contributed by atoms with van der Waals surface area (Å²) in [7, 11) is 0. The molecule has 1 amide bonds. The van der Waals surface area contributed by atoms with E-state index in [4.69, 9.17) is 10.6 Å². The topological polar surface area (TPSA) is 89.3 Å². The van der Waals surface area contributed by atoms with E-state index in [-0.39, 0.29) is 6.61 Å². The summed E-state index contributed by atoms with van der Waals surface area (Å²) in [6.45, 7) is 0.768. The van der Waals surface area contributed by atoms with Crippen LogP contribution in [-0.4, -0.2) is 17.6 Å². The van der Waals surface area contributed by atoms with Gasteiger partial charge in [0.05, 0.1) is 5.69 Å². The summed E-state index contributed by atoms with van der Waals surface area (Å²) < 4.78 is 5.11. The Hall–Kier alpha value is -2.86. The van der Waals surface area contributed by atoms with Crippen molar-refractivity contribution in [2.75, 3.05) is 12.0 Å². The number of carbonyl (C=O) groups is 1. The lowest BCUT2D eigenvalue weighted by atomic mass is 10.2. The number of aromatic nitrogens is 1. The first-order valence-corrected chi connectivity index (χ1v) is 7.32. The Kier molecular flexibility index (Phi) is 6.62. The maximum atomic E-state index is 11.5. The van der Waals surface area contributed by atoms with E-state index in [1.807, 2.05) is 54.6 Å². The van der Waals surface area contributed by atoms with Gasteiger partial charge in [-0.25, -0.2) is 15.6 Å². The second-order valence-corrected chi connectivity index (χ2v) is 4.77. The van der Waals surface area contributed by atoms with E-state index in [0.29, 0.717) is 18.8 Å². The maximum Gasteiger partial charge on any atom is 0.407 e. The Morgan fingerprint density at radius 3 is 2.78 bits per heavy atom. The predicted molar refractivity (Wildman–Crippen MR) is 90.3 cm³/mol. The van der Waals surface area contributed by atoms with Gasteiger partial charge in [0, 0.05) is 6.54 Å². The van der Waals surface area contributed by atoms with Gasteiger partial charge in [0.2, 0.25) is 0 Å². The van der Waals surface area contributed by atoms with Crippen LogP contribution in [0.3, 0.4) is 0 Å². The third-order valence-corrected chi connectivity index (χ3v) is 3.00. The monoisotopic (exact) mass is 312 g/mol. The molecule has 0 saturated heterocycles. The summed E-state index contributed by atoms with van der Waals surface area (Å²) in [4.78, 5) is 15.8. The highest BCUT2D eigenvalue weighted by Gasteiger charge is 2.00. The molecule has 0 saturated carbocycles. The molecule has 0 fully saturated rings. The standard InChI is InChI=1S/C17H20N4O2/c18-21-16-11-6-10-15(20-16)9-4-5-12-19-17(22)23-13-14-7-2-1-3-8-14/h1-4,6-11H,5,12-13,18H2,(H,19,22)(H,20,21). The highest BCUT2D eigenvalue weighted by Crippen LogP contribution is 2.05. The molecule has 0 unspecified atom stereocenters. The minimum atomic E-state index is -0.422. The molecular weight excluding hydrogens is 292 g/mol. The van der Waals surface area contributed by atoms with Crippen LogP contribution in [0.25, 0.3) is 6.08 Å². The van der Waals surface area contributed by atoms with Crippen molar-refractivity contribution in [3.05, 3.63) is 65.9 Å². The van der Waals surface area contributed by atoms with Crippen molar-refractivity contribution in [2.24, 2.45) is 5.84 Å². The van der Waals surface area contributed by atoms with E-state index in [0.717, 1.165) is 11.3 Å². The molecule has 1 aromatic carbocycles. The lowest BCUT2D eigenvalue weighted by Crippen LogP contribution is -2.24. The highest BCUT2D eigenvalue weighted by molar-refractivity contribution is 5.67. The summed E-state index contributed by atoms with van der Waals surface area (Å²) in [6, 6.07) is 15.1. The van der Waals surface area contributed by atoms with Crippen LogP contribution in [0, 0.1) is 0 Å². The summed E-state index contributed by atoms with van der Waals surface area (Å²) in [5.41, 5.74) is 4.25. The number of hydrogen-bond acceptors (Lipinski definition) is 5. The first-order chi connectivity index (χ1) is 11.3. The molecule has 2 rings (SSSR count). The molecule has 6 nitrogen and oxygen atoms in total. The van der Waals surface area contributed by atoms with E-state index in [2.05, 4.69) is 15.7 Å². The number of nitrogen functional groups attached to an aromatic ring is 1. The van der Waals surface area contributed by atoms with E-state index >= 15 is 0 Å². The third-order valence-electron chi connectivity index (χ3n) is 3.00. The van der Waals surface area contributed by atoms with Crippen LogP contribution in [0.4, 0.5) is 10.6 Å². The third kappa shape index (κ3) is 6.19. The minimum absolute atomic E-state index is 0.269. The molecule has 1 aromatic heterocycles. The number of benzene rings is 1. The number of alkyl carbamates (subject to hydrolysis) is 1. The van der Waals surface area contributed by atoms with Gasteiger partial charge in [-0.3, -0.25) is 0 Å². The van der Waals surface area contributed by atoms with Crippen molar-refractivity contribution in [3.63, 3.8) is 0 Å². The zero-order valence-corrected chi connectivity index (χ0v) is 12.7. The Morgan fingerprint density at radius 1 is 1.17 bits per heavy atom. The first kappa shape index (κ1) is 16.5. The first-order valence-electron chi connectivity index (χ1n) is 7.32. The van der Waals surface area contributed by atoms with Crippen LogP contribution >= 0.6 is 0 Å². The number of anilines is 1. The zero-order chi connectivity index (χ0) is 16.3. The van der Waals surface area contributed by atoms with Gasteiger partial charge in [-0.05, 0) is 30.2 Å². The fourth-order valence-electron chi connectivity index (χ4n) is 1.86. The largest absolute Gasteiger partial charge is 0.445 e. The highest BCUT2D eigenvalue weighted by atomic mass is 16.5. The van der Waals surface area contributed by atoms with Gasteiger partial charge in [0.15, 0.2) is 0 Å². The van der Waals surface area contributed by atoms with E-state index in [9.17, 15) is 4.79 Å². The predicted octanol–water partition coefficient (Wildman–Crippen LogP) is 2.70. The molecule has 0 spiro atoms. The number of nitrogens with two attached hydrogens (primary N) is 1. The number of rotatable bonds is 7. The fraction of sp³-hybridized carbons (Fsp3) is 0.176. The second-order valence-electron chi connectivity index (χ2n) is 4.77. The van der Waals surface area contributed by atoms with E-state index in [1.54, 1.807) is 6.07 Å². The van der Waals surface area contributed by atoms with Crippen molar-refractivity contribution >= 4 is 18.0 Å². The number of nitrogens with zero attached hydrogens (tertiary/aromatic N) is 1. The molecule has 0 atom stereocenters. The Balaban J connectivity index is 1.64. The number of carbonyl (C=O) groups excluding carboxylic acids is 1. The summed E-state index contributed by atoms with van der Waals surface area (Å²) in [5, 5.41) is 2.70. The number of hydrogen-bond donors (Lipinski definition) is 3. The van der Waals surface area contributed by atoms with Gasteiger partial charge in [-0.1, -0.05) is 42.5 Å². The second kappa shape index (κ2) is 9.22. The lowest BCUT2D eigenvalue weighted by molar-refractivity contribution is 0.140. The molecule has 6 heteroatoms. The normalized spacial score (nSPS) is 10.5. The molecule has 0 aliphatic heterocycles. The van der Waals surface area contributed by atoms with Crippen LogP contribution in [-0.2, 0) is 11.3 Å². The van der Waals surface area contributed by atoms with Crippen molar-refractivity contribution in [1.29, 1.82) is 0 Å². The Labute approximate surface area is 135 Å². The van der Waals surface area contributed by atoms with Gasteiger partial charge in [0.25, 0.3) is 0 Å². The zero-order valence-electron chi connectivity index (χ0n) is 12.7. The summed E-state index contributed by atoms with van der Waals surface area (Å²) in [6.07, 6.45) is 4.06. The quantitative estimate of drug-likeness (QED) is 0.415. The molecule has 0 radical (unpaired) electrons. The van der Waals surface area contributed by atoms with E-state index < -0.39 is 6.09 Å². The SMILES string of the molecule is NNc1cccc(C=CCCNC(=O)OCc2ccccc2)n1. The summed E-state index contributed by atoms with van der Waals surface area (Å²) in [5.74, 6) is 5.91. The molecule has 4 N–H and O–H groups in total. The number of amides is 1. The van der Waals surface area contributed by atoms with Crippen LogP contribution in [0.2, 0.25) is 0 Å².